The van der Waals surface area contributed by atoms with Gasteiger partial charge in [-0.15, -0.1) is 0 Å². The van der Waals surface area contributed by atoms with E-state index in [0.717, 1.165) is 69.9 Å². The minimum atomic E-state index is -1.04. The van der Waals surface area contributed by atoms with Crippen molar-refractivity contribution in [3.05, 3.63) is 28.3 Å². The minimum Gasteiger partial charge on any atom is -0.478 e. The third-order valence-corrected chi connectivity index (χ3v) is 6.01. The van der Waals surface area contributed by atoms with Crippen molar-refractivity contribution in [1.29, 1.82) is 0 Å². The molecule has 1 fully saturated rings. The van der Waals surface area contributed by atoms with Crippen LogP contribution in [0.4, 0.5) is 10.5 Å². The zero-order valence-corrected chi connectivity index (χ0v) is 14.5. The number of carbonyl (C=O) groups is 2. The molecule has 1 amide bonds. The van der Waals surface area contributed by atoms with Gasteiger partial charge in [-0.3, -0.25) is 5.32 Å². The molecule has 1 unspecified atom stereocenters. The Kier molecular flexibility index (Phi) is 4.40. The number of aryl methyl sites for hydroxylation is 2. The summed E-state index contributed by atoms with van der Waals surface area (Å²) in [6.07, 6.45) is 8.31. The van der Waals surface area contributed by atoms with Gasteiger partial charge < -0.3 is 9.84 Å². The topological polar surface area (TPSA) is 75.6 Å². The number of hydrogen-bond acceptors (Lipinski definition) is 3. The molecule has 134 valence electrons. The number of anilines is 1. The Labute approximate surface area is 147 Å². The highest BCUT2D eigenvalue weighted by atomic mass is 16.6. The Morgan fingerprint density at radius 1 is 1.00 bits per heavy atom. The second-order valence-electron chi connectivity index (χ2n) is 7.57. The van der Waals surface area contributed by atoms with Crippen molar-refractivity contribution in [2.45, 2.75) is 70.3 Å². The number of benzene rings is 1. The Bertz CT molecular complexity index is 674. The van der Waals surface area contributed by atoms with Gasteiger partial charge in [-0.05, 0) is 73.6 Å². The van der Waals surface area contributed by atoms with Crippen LogP contribution in [0.1, 0.15) is 60.8 Å². The molecule has 0 aromatic heterocycles. The van der Waals surface area contributed by atoms with Crippen LogP contribution in [0.5, 0.6) is 0 Å². The Hall–Kier alpha value is -2.04. The van der Waals surface area contributed by atoms with Crippen molar-refractivity contribution in [2.24, 2.45) is 5.92 Å². The van der Waals surface area contributed by atoms with Gasteiger partial charge in [-0.1, -0.05) is 18.9 Å². The number of nitrogens with one attached hydrogen (secondary N) is 1. The molecule has 4 rings (SSSR count). The van der Waals surface area contributed by atoms with Gasteiger partial charge in [-0.2, -0.15) is 0 Å². The fourth-order valence-electron chi connectivity index (χ4n) is 4.82. The Balaban J connectivity index is 1.54. The van der Waals surface area contributed by atoms with Crippen molar-refractivity contribution in [3.63, 3.8) is 0 Å². The first-order chi connectivity index (χ1) is 12.1. The number of fused-ring (bicyclic) bond motifs is 2. The fraction of sp³-hybridized carbons (Fsp3) is 0.600. The smallest absolute Gasteiger partial charge is 0.412 e. The quantitative estimate of drug-likeness (QED) is 0.870. The molecule has 1 aromatic rings. The number of carboxylic acid groups (broad SMARTS) is 1. The summed E-state index contributed by atoms with van der Waals surface area (Å²) in [4.78, 5) is 24.0. The third kappa shape index (κ3) is 3.12. The summed E-state index contributed by atoms with van der Waals surface area (Å²) < 4.78 is 5.37. The first kappa shape index (κ1) is 16.4. The Morgan fingerprint density at radius 2 is 1.60 bits per heavy atom. The van der Waals surface area contributed by atoms with Crippen LogP contribution in [0.15, 0.2) is 6.07 Å². The number of amides is 1. The van der Waals surface area contributed by atoms with Crippen LogP contribution in [0, 0.1) is 5.92 Å². The molecule has 0 aliphatic heterocycles. The van der Waals surface area contributed by atoms with Gasteiger partial charge in [0.05, 0.1) is 5.69 Å². The van der Waals surface area contributed by atoms with E-state index >= 15 is 0 Å². The molecule has 0 saturated heterocycles. The van der Waals surface area contributed by atoms with E-state index in [2.05, 4.69) is 11.4 Å². The SMILES string of the molecule is O=C(Nc1c2c(cc3c1CCC3)CCC2)OC(C(=O)O)C1CCCC1. The molecule has 3 aliphatic rings. The predicted molar refractivity (Wildman–Crippen MR) is 94.0 cm³/mol. The molecule has 0 bridgehead atoms. The maximum absolute atomic E-state index is 12.5. The number of carboxylic acids is 1. The van der Waals surface area contributed by atoms with Crippen LogP contribution < -0.4 is 5.32 Å². The van der Waals surface area contributed by atoms with Gasteiger partial charge in [0.2, 0.25) is 6.10 Å². The van der Waals surface area contributed by atoms with E-state index in [4.69, 9.17) is 4.74 Å². The van der Waals surface area contributed by atoms with Crippen LogP contribution in [-0.4, -0.2) is 23.3 Å². The highest BCUT2D eigenvalue weighted by Gasteiger charge is 2.34. The maximum Gasteiger partial charge on any atom is 0.412 e. The Morgan fingerprint density at radius 3 is 2.16 bits per heavy atom. The standard InChI is InChI=1S/C20H25NO4/c22-19(23)18(12-5-1-2-6-12)25-20(24)21-17-15-9-3-7-13(15)11-14-8-4-10-16(14)17/h11-12,18H,1-10H2,(H,21,24)(H,22,23). The lowest BCUT2D eigenvalue weighted by Gasteiger charge is -2.21. The summed E-state index contributed by atoms with van der Waals surface area (Å²) in [6, 6.07) is 2.31. The fourth-order valence-corrected chi connectivity index (χ4v) is 4.82. The van der Waals surface area contributed by atoms with E-state index < -0.39 is 18.2 Å². The maximum atomic E-state index is 12.5. The van der Waals surface area contributed by atoms with Gasteiger partial charge in [-0.25, -0.2) is 9.59 Å². The first-order valence-corrected chi connectivity index (χ1v) is 9.50. The molecule has 0 radical (unpaired) electrons. The highest BCUT2D eigenvalue weighted by Crippen LogP contribution is 2.39. The van der Waals surface area contributed by atoms with E-state index in [1.807, 2.05) is 0 Å². The molecule has 25 heavy (non-hydrogen) atoms. The number of carbonyl (C=O) groups excluding carboxylic acids is 1. The van der Waals surface area contributed by atoms with E-state index in [9.17, 15) is 14.7 Å². The monoisotopic (exact) mass is 343 g/mol. The molecule has 5 heteroatoms. The molecule has 5 nitrogen and oxygen atoms in total. The van der Waals surface area contributed by atoms with Gasteiger partial charge in [0.1, 0.15) is 0 Å². The average molecular weight is 343 g/mol. The minimum absolute atomic E-state index is 0.0598. The predicted octanol–water partition coefficient (Wildman–Crippen LogP) is 3.86. The first-order valence-electron chi connectivity index (χ1n) is 9.50. The van der Waals surface area contributed by atoms with Crippen LogP contribution in [0.3, 0.4) is 0 Å². The summed E-state index contributed by atoms with van der Waals surface area (Å²) in [5, 5.41) is 12.4. The summed E-state index contributed by atoms with van der Waals surface area (Å²) in [5.74, 6) is -1.10. The summed E-state index contributed by atoms with van der Waals surface area (Å²) in [6.45, 7) is 0. The van der Waals surface area contributed by atoms with Crippen LogP contribution in [0.2, 0.25) is 0 Å². The van der Waals surface area contributed by atoms with Crippen LogP contribution in [0.25, 0.3) is 0 Å². The van der Waals surface area contributed by atoms with E-state index in [-0.39, 0.29) is 5.92 Å². The zero-order chi connectivity index (χ0) is 17.4. The van der Waals surface area contributed by atoms with Crippen LogP contribution in [-0.2, 0) is 35.2 Å². The number of rotatable bonds is 4. The third-order valence-electron chi connectivity index (χ3n) is 6.01. The zero-order valence-electron chi connectivity index (χ0n) is 14.5. The lowest BCUT2D eigenvalue weighted by molar-refractivity contribution is -0.149. The second-order valence-corrected chi connectivity index (χ2v) is 7.57. The molecular formula is C20H25NO4. The average Bonchev–Trinajstić information content (AvgIpc) is 3.32. The molecule has 0 heterocycles. The lowest BCUT2D eigenvalue weighted by atomic mass is 9.99. The van der Waals surface area contributed by atoms with E-state index in [1.54, 1.807) is 0 Å². The molecule has 1 aromatic carbocycles. The molecule has 1 atom stereocenters. The molecule has 0 spiro atoms. The number of hydrogen-bond donors (Lipinski definition) is 2. The van der Waals surface area contributed by atoms with Crippen molar-refractivity contribution in [2.75, 3.05) is 5.32 Å². The van der Waals surface area contributed by atoms with Crippen molar-refractivity contribution >= 4 is 17.7 Å². The number of aliphatic carboxylic acids is 1. The van der Waals surface area contributed by atoms with Crippen LogP contribution >= 0.6 is 0 Å². The second kappa shape index (κ2) is 6.70. The normalized spacial score (nSPS) is 20.2. The largest absolute Gasteiger partial charge is 0.478 e. The summed E-state index contributed by atoms with van der Waals surface area (Å²) in [7, 11) is 0. The van der Waals surface area contributed by atoms with Crippen molar-refractivity contribution in [3.8, 4) is 0 Å². The van der Waals surface area contributed by atoms with Gasteiger partial charge in [0, 0.05) is 5.92 Å². The molecule has 2 N–H and O–H groups in total. The van der Waals surface area contributed by atoms with Crippen molar-refractivity contribution < 1.29 is 19.4 Å². The van der Waals surface area contributed by atoms with Gasteiger partial charge in [0.25, 0.3) is 0 Å². The van der Waals surface area contributed by atoms with Gasteiger partial charge >= 0.3 is 12.1 Å². The molecular weight excluding hydrogens is 318 g/mol. The van der Waals surface area contributed by atoms with E-state index in [1.165, 1.54) is 22.3 Å². The lowest BCUT2D eigenvalue weighted by Crippen LogP contribution is -2.35. The highest BCUT2D eigenvalue weighted by molar-refractivity contribution is 5.90. The summed E-state index contributed by atoms with van der Waals surface area (Å²) >= 11 is 0. The number of ether oxygens (including phenoxy) is 1. The van der Waals surface area contributed by atoms with E-state index in [0.29, 0.717) is 0 Å². The van der Waals surface area contributed by atoms with Crippen molar-refractivity contribution in [1.82, 2.24) is 0 Å². The molecule has 3 aliphatic carbocycles. The molecule has 1 saturated carbocycles. The van der Waals surface area contributed by atoms with Gasteiger partial charge in [0.15, 0.2) is 0 Å². The summed E-state index contributed by atoms with van der Waals surface area (Å²) in [5.41, 5.74) is 6.03.